The first-order chi connectivity index (χ1) is 14.4. The van der Waals surface area contributed by atoms with Crippen LogP contribution >= 0.6 is 0 Å². The molecule has 4 atom stereocenters. The van der Waals surface area contributed by atoms with E-state index in [4.69, 9.17) is 4.74 Å². The van der Waals surface area contributed by atoms with Crippen molar-refractivity contribution < 1.29 is 13.5 Å². The largest absolute Gasteiger partial charge is 0.372 e. The number of ether oxygens (including phenoxy) is 1. The maximum atomic E-state index is 15.5. The summed E-state index contributed by atoms with van der Waals surface area (Å²) in [5.41, 5.74) is 1.76. The Bertz CT molecular complexity index is 1050. The molecule has 1 fully saturated rings. The van der Waals surface area contributed by atoms with Gasteiger partial charge in [0.25, 0.3) is 0 Å². The fourth-order valence-electron chi connectivity index (χ4n) is 5.18. The summed E-state index contributed by atoms with van der Waals surface area (Å²) in [6, 6.07) is 1.53. The maximum absolute atomic E-state index is 15.5. The molecule has 3 aliphatic rings. The Morgan fingerprint density at radius 3 is 2.70 bits per heavy atom. The summed E-state index contributed by atoms with van der Waals surface area (Å²) in [5.74, 6) is -1.74. The van der Waals surface area contributed by atoms with E-state index in [2.05, 4.69) is 20.0 Å². The van der Waals surface area contributed by atoms with Crippen LogP contribution in [0.4, 0.5) is 14.5 Å². The number of morpholine rings is 1. The average molecular weight is 411 g/mol. The molecule has 1 spiro atoms. The van der Waals surface area contributed by atoms with Crippen LogP contribution in [0.25, 0.3) is 11.3 Å². The van der Waals surface area contributed by atoms with Crippen LogP contribution in [0.2, 0.25) is 0 Å². The number of benzene rings is 1. The van der Waals surface area contributed by atoms with Gasteiger partial charge < -0.3 is 9.64 Å². The lowest BCUT2D eigenvalue weighted by Crippen LogP contribution is -2.65. The standard InChI is InChI=1S/C22H23F2N5O/c1-12-6-28-17(7-27-12)16-4-15-5-22(9-25-11-26-10-22)21-14(3)30-13(2)8-29(21)20(15)19(24)18(16)23/h4,6-7,9,11,13-14,21H,5,8,10H2,1-3H3/t13-,14+,21-,22?/m1/s1. The zero-order valence-electron chi connectivity index (χ0n) is 17.1. The molecular formula is C22H23F2N5O. The molecule has 1 aromatic carbocycles. The molecule has 0 N–H and O–H groups in total. The zero-order valence-corrected chi connectivity index (χ0v) is 17.1. The Labute approximate surface area is 173 Å². The Morgan fingerprint density at radius 1 is 1.17 bits per heavy atom. The molecule has 0 bridgehead atoms. The molecule has 0 saturated carbocycles. The first kappa shape index (κ1) is 19.2. The summed E-state index contributed by atoms with van der Waals surface area (Å²) < 4.78 is 36.8. The minimum atomic E-state index is -0.899. The van der Waals surface area contributed by atoms with Crippen LogP contribution in [0.1, 0.15) is 25.1 Å². The fraction of sp³-hybridized carbons (Fsp3) is 0.455. The minimum absolute atomic E-state index is 0.103. The van der Waals surface area contributed by atoms with E-state index >= 15 is 8.78 Å². The Balaban J connectivity index is 1.70. The van der Waals surface area contributed by atoms with E-state index in [1.807, 2.05) is 25.0 Å². The molecule has 1 saturated heterocycles. The van der Waals surface area contributed by atoms with Crippen LogP contribution in [0.5, 0.6) is 0 Å². The van der Waals surface area contributed by atoms with Crippen molar-refractivity contribution >= 4 is 18.2 Å². The molecule has 0 amide bonds. The van der Waals surface area contributed by atoms with E-state index in [0.29, 0.717) is 36.6 Å². The minimum Gasteiger partial charge on any atom is -0.372 e. The number of halogens is 2. The van der Waals surface area contributed by atoms with Crippen LogP contribution in [-0.2, 0) is 11.2 Å². The molecule has 3 aliphatic heterocycles. The molecule has 30 heavy (non-hydrogen) atoms. The van der Waals surface area contributed by atoms with Gasteiger partial charge in [0.05, 0.1) is 53.5 Å². The molecule has 6 nitrogen and oxygen atoms in total. The lowest BCUT2D eigenvalue weighted by Gasteiger charge is -2.55. The lowest BCUT2D eigenvalue weighted by atomic mass is 9.69. The van der Waals surface area contributed by atoms with E-state index in [9.17, 15) is 0 Å². The number of hydrogen-bond donors (Lipinski definition) is 0. The molecule has 1 aromatic heterocycles. The van der Waals surface area contributed by atoms with Gasteiger partial charge in [-0.3, -0.25) is 15.0 Å². The first-order valence-corrected chi connectivity index (χ1v) is 10.1. The number of hydrogen-bond acceptors (Lipinski definition) is 6. The van der Waals surface area contributed by atoms with Crippen LogP contribution in [0, 0.1) is 24.0 Å². The molecule has 1 unspecified atom stereocenters. The highest BCUT2D eigenvalue weighted by molar-refractivity contribution is 5.83. The SMILES string of the molecule is Cc1cnc(-c2cc3c(c(F)c2F)N2C[C@@H](C)O[C@@H](C)[C@@H]2C2(C=NC=NC2)C3)cn1. The van der Waals surface area contributed by atoms with Gasteiger partial charge in [0.15, 0.2) is 11.6 Å². The summed E-state index contributed by atoms with van der Waals surface area (Å²) in [5, 5.41) is 0. The van der Waals surface area contributed by atoms with Gasteiger partial charge in [-0.15, -0.1) is 0 Å². The number of anilines is 1. The van der Waals surface area contributed by atoms with Crippen molar-refractivity contribution in [3.8, 4) is 11.3 Å². The highest BCUT2D eigenvalue weighted by Crippen LogP contribution is 2.48. The third-order valence-corrected chi connectivity index (χ3v) is 6.26. The monoisotopic (exact) mass is 411 g/mol. The van der Waals surface area contributed by atoms with Crippen molar-refractivity contribution in [1.82, 2.24) is 9.97 Å². The van der Waals surface area contributed by atoms with E-state index in [0.717, 1.165) is 5.56 Å². The number of nitrogens with zero attached hydrogens (tertiary/aromatic N) is 5. The Hall–Kier alpha value is -2.74. The molecule has 156 valence electrons. The van der Waals surface area contributed by atoms with Gasteiger partial charge in [0.1, 0.15) is 6.34 Å². The van der Waals surface area contributed by atoms with E-state index in [1.54, 1.807) is 25.5 Å². The van der Waals surface area contributed by atoms with Gasteiger partial charge in [-0.1, -0.05) is 0 Å². The molecule has 8 heteroatoms. The van der Waals surface area contributed by atoms with E-state index in [-0.39, 0.29) is 23.8 Å². The Kier molecular flexibility index (Phi) is 4.43. The third-order valence-electron chi connectivity index (χ3n) is 6.26. The van der Waals surface area contributed by atoms with Gasteiger partial charge in [0.2, 0.25) is 0 Å². The molecule has 5 rings (SSSR count). The lowest BCUT2D eigenvalue weighted by molar-refractivity contribution is -0.0508. The van der Waals surface area contributed by atoms with Crippen molar-refractivity contribution in [3.05, 3.63) is 41.4 Å². The quantitative estimate of drug-likeness (QED) is 0.722. The van der Waals surface area contributed by atoms with Crippen LogP contribution in [0.3, 0.4) is 0 Å². The molecule has 2 aromatic rings. The number of aromatic nitrogens is 2. The topological polar surface area (TPSA) is 63.0 Å². The van der Waals surface area contributed by atoms with Crippen LogP contribution < -0.4 is 4.90 Å². The smallest absolute Gasteiger partial charge is 0.183 e. The second-order valence-electron chi connectivity index (χ2n) is 8.50. The molecule has 0 radical (unpaired) electrons. The van der Waals surface area contributed by atoms with Crippen molar-refractivity contribution in [2.24, 2.45) is 15.4 Å². The average Bonchev–Trinajstić information content (AvgIpc) is 2.71. The van der Waals surface area contributed by atoms with E-state index < -0.39 is 17.0 Å². The van der Waals surface area contributed by atoms with Crippen LogP contribution in [0.15, 0.2) is 28.4 Å². The summed E-state index contributed by atoms with van der Waals surface area (Å²) in [6.07, 6.45) is 6.70. The highest BCUT2D eigenvalue weighted by Gasteiger charge is 2.52. The number of fused-ring (bicyclic) bond motifs is 4. The van der Waals surface area contributed by atoms with Gasteiger partial charge in [-0.25, -0.2) is 13.8 Å². The van der Waals surface area contributed by atoms with Crippen molar-refractivity contribution in [3.63, 3.8) is 0 Å². The van der Waals surface area contributed by atoms with Crippen molar-refractivity contribution in [2.75, 3.05) is 18.0 Å². The maximum Gasteiger partial charge on any atom is 0.183 e. The fourth-order valence-corrected chi connectivity index (χ4v) is 5.18. The number of aliphatic imine (C=N–C) groups is 2. The molecular weight excluding hydrogens is 388 g/mol. The summed E-state index contributed by atoms with van der Waals surface area (Å²) in [4.78, 5) is 19.1. The molecule has 4 heterocycles. The Morgan fingerprint density at radius 2 is 2.00 bits per heavy atom. The summed E-state index contributed by atoms with van der Waals surface area (Å²) >= 11 is 0. The van der Waals surface area contributed by atoms with Crippen molar-refractivity contribution in [2.45, 2.75) is 45.4 Å². The number of aryl methyl sites for hydroxylation is 1. The van der Waals surface area contributed by atoms with Gasteiger partial charge >= 0.3 is 0 Å². The second kappa shape index (κ2) is 6.91. The summed E-state index contributed by atoms with van der Waals surface area (Å²) in [7, 11) is 0. The first-order valence-electron chi connectivity index (χ1n) is 10.1. The second-order valence-corrected chi connectivity index (χ2v) is 8.50. The molecule has 0 aliphatic carbocycles. The zero-order chi connectivity index (χ0) is 21.0. The van der Waals surface area contributed by atoms with Crippen molar-refractivity contribution in [1.29, 1.82) is 0 Å². The van der Waals surface area contributed by atoms with Gasteiger partial charge in [-0.2, -0.15) is 0 Å². The third kappa shape index (κ3) is 2.85. The number of rotatable bonds is 1. The highest BCUT2D eigenvalue weighted by atomic mass is 19.2. The summed E-state index contributed by atoms with van der Waals surface area (Å²) in [6.45, 7) is 6.73. The van der Waals surface area contributed by atoms with Gasteiger partial charge in [-0.05, 0) is 38.8 Å². The predicted octanol–water partition coefficient (Wildman–Crippen LogP) is 3.37. The normalized spacial score (nSPS) is 29.8. The predicted molar refractivity (Wildman–Crippen MR) is 111 cm³/mol. The van der Waals surface area contributed by atoms with Gasteiger partial charge in [0, 0.05) is 24.5 Å². The van der Waals surface area contributed by atoms with E-state index in [1.165, 1.54) is 6.20 Å². The van der Waals surface area contributed by atoms with Crippen LogP contribution in [-0.4, -0.2) is 53.9 Å².